The molecular formula is C23H38N2O4S. The van der Waals surface area contributed by atoms with E-state index in [0.717, 1.165) is 48.2 Å². The molecule has 0 aromatic heterocycles. The first-order chi connectivity index (χ1) is 13.8. The summed E-state index contributed by atoms with van der Waals surface area (Å²) < 4.78 is 35.3. The lowest BCUT2D eigenvalue weighted by atomic mass is 9.88. The summed E-state index contributed by atoms with van der Waals surface area (Å²) in [6.45, 7) is 15.6. The summed E-state index contributed by atoms with van der Waals surface area (Å²) in [5.74, 6) is 1.44. The third-order valence-corrected chi connectivity index (χ3v) is 8.50. The van der Waals surface area contributed by atoms with E-state index in [-0.39, 0.29) is 12.1 Å². The molecule has 3 atom stereocenters. The summed E-state index contributed by atoms with van der Waals surface area (Å²) in [5.41, 5.74) is 3.09. The first-order valence-electron chi connectivity index (χ1n) is 11.1. The second kappa shape index (κ2) is 8.41. The van der Waals surface area contributed by atoms with Crippen LogP contribution in [0, 0.1) is 26.7 Å². The fourth-order valence-electron chi connectivity index (χ4n) is 5.01. The predicted octanol–water partition coefficient (Wildman–Crippen LogP) is 3.08. The molecule has 2 N–H and O–H groups in total. The number of likely N-dealkylation sites (tertiary alicyclic amines) is 1. The predicted molar refractivity (Wildman–Crippen MR) is 120 cm³/mol. The minimum Gasteiger partial charge on any atom is -0.487 e. The Morgan fingerprint density at radius 1 is 1.20 bits per heavy atom. The van der Waals surface area contributed by atoms with Crippen molar-refractivity contribution in [3.8, 4) is 5.75 Å². The fraction of sp³-hybridized carbons (Fsp3) is 0.739. The highest BCUT2D eigenvalue weighted by Gasteiger charge is 2.34. The summed E-state index contributed by atoms with van der Waals surface area (Å²) in [7, 11) is -3.74. The molecule has 0 radical (unpaired) electrons. The first-order valence-corrected chi connectivity index (χ1v) is 12.5. The number of nitrogens with one attached hydrogen (secondary N) is 1. The molecule has 0 amide bonds. The smallest absolute Gasteiger partial charge is 0.241 e. The van der Waals surface area contributed by atoms with Gasteiger partial charge in [0.05, 0.1) is 11.0 Å². The quantitative estimate of drug-likeness (QED) is 0.714. The maximum Gasteiger partial charge on any atom is 0.241 e. The molecule has 6 nitrogen and oxygen atoms in total. The van der Waals surface area contributed by atoms with Gasteiger partial charge in [0.1, 0.15) is 11.4 Å². The molecule has 3 rings (SSSR count). The number of hydrogen-bond donors (Lipinski definition) is 2. The summed E-state index contributed by atoms with van der Waals surface area (Å²) in [6.07, 6.45) is 2.02. The molecule has 30 heavy (non-hydrogen) atoms. The SMILES string of the molecule is Cc1c(C)c(S(=O)(=O)NC[C@H](O)CN2CC(C)CC2C)c(C)c2c1OC(C)(C)CC2. The Morgan fingerprint density at radius 2 is 1.87 bits per heavy atom. The minimum atomic E-state index is -3.74. The van der Waals surface area contributed by atoms with Crippen molar-refractivity contribution in [1.82, 2.24) is 9.62 Å². The zero-order valence-electron chi connectivity index (χ0n) is 19.5. The van der Waals surface area contributed by atoms with Crippen molar-refractivity contribution in [2.24, 2.45) is 5.92 Å². The lowest BCUT2D eigenvalue weighted by Crippen LogP contribution is -2.41. The van der Waals surface area contributed by atoms with Gasteiger partial charge in [-0.3, -0.25) is 4.90 Å². The lowest BCUT2D eigenvalue weighted by Gasteiger charge is -2.35. The van der Waals surface area contributed by atoms with Crippen molar-refractivity contribution in [3.05, 3.63) is 22.3 Å². The molecule has 2 aliphatic heterocycles. The molecule has 1 fully saturated rings. The number of hydrogen-bond acceptors (Lipinski definition) is 5. The van der Waals surface area contributed by atoms with Crippen LogP contribution in [0.2, 0.25) is 0 Å². The molecule has 0 saturated carbocycles. The van der Waals surface area contributed by atoms with E-state index in [1.807, 2.05) is 20.8 Å². The molecule has 2 heterocycles. The van der Waals surface area contributed by atoms with Gasteiger partial charge in [-0.15, -0.1) is 0 Å². The third-order valence-electron chi connectivity index (χ3n) is 6.80. The summed E-state index contributed by atoms with van der Waals surface area (Å²) in [6, 6.07) is 0.420. The zero-order valence-corrected chi connectivity index (χ0v) is 20.3. The zero-order chi connectivity index (χ0) is 22.4. The number of nitrogens with zero attached hydrogens (tertiary/aromatic N) is 1. The second-order valence-corrected chi connectivity index (χ2v) is 11.7. The van der Waals surface area contributed by atoms with E-state index in [9.17, 15) is 13.5 Å². The largest absolute Gasteiger partial charge is 0.487 e. The van der Waals surface area contributed by atoms with Gasteiger partial charge in [0.15, 0.2) is 0 Å². The normalized spacial score (nSPS) is 25.1. The van der Waals surface area contributed by atoms with Gasteiger partial charge in [0, 0.05) is 25.7 Å². The monoisotopic (exact) mass is 438 g/mol. The molecule has 0 spiro atoms. The number of benzene rings is 1. The summed E-state index contributed by atoms with van der Waals surface area (Å²) in [5, 5.41) is 10.5. The topological polar surface area (TPSA) is 78.9 Å². The van der Waals surface area contributed by atoms with Crippen molar-refractivity contribution in [1.29, 1.82) is 0 Å². The van der Waals surface area contributed by atoms with Crippen LogP contribution in [0.4, 0.5) is 0 Å². The molecule has 170 valence electrons. The Labute approximate surface area is 182 Å². The highest BCUT2D eigenvalue weighted by molar-refractivity contribution is 7.89. The number of β-amino-alcohol motifs (C(OH)–C–C–N with tert-alkyl or cyclic N) is 1. The number of fused-ring (bicyclic) bond motifs is 1. The van der Waals surface area contributed by atoms with Gasteiger partial charge in [-0.05, 0) is 89.0 Å². The number of aliphatic hydroxyl groups is 1. The van der Waals surface area contributed by atoms with Crippen LogP contribution in [0.1, 0.15) is 62.8 Å². The van der Waals surface area contributed by atoms with Gasteiger partial charge in [0.25, 0.3) is 0 Å². The molecule has 0 bridgehead atoms. The van der Waals surface area contributed by atoms with Crippen LogP contribution in [0.25, 0.3) is 0 Å². The van der Waals surface area contributed by atoms with Gasteiger partial charge in [-0.25, -0.2) is 13.1 Å². The minimum absolute atomic E-state index is 0.0124. The van der Waals surface area contributed by atoms with E-state index < -0.39 is 16.1 Å². The highest BCUT2D eigenvalue weighted by Crippen LogP contribution is 2.42. The van der Waals surface area contributed by atoms with Gasteiger partial charge < -0.3 is 9.84 Å². The van der Waals surface area contributed by atoms with Crippen LogP contribution in [0.3, 0.4) is 0 Å². The van der Waals surface area contributed by atoms with E-state index in [1.54, 1.807) is 0 Å². The molecule has 0 aliphatic carbocycles. The summed E-state index contributed by atoms with van der Waals surface area (Å²) in [4.78, 5) is 2.57. The standard InChI is InChI=1S/C23H38N2O4S/c1-14-10-15(2)25(12-14)13-19(26)11-24-30(27,28)22-17(4)16(3)21-20(18(22)5)8-9-23(6,7)29-21/h14-15,19,24,26H,8-13H2,1-7H3/t14?,15?,19-/m0/s1. The average Bonchev–Trinajstić information content (AvgIpc) is 2.94. The van der Waals surface area contributed by atoms with E-state index >= 15 is 0 Å². The van der Waals surface area contributed by atoms with Gasteiger partial charge in [0.2, 0.25) is 10.0 Å². The molecule has 7 heteroatoms. The van der Waals surface area contributed by atoms with Gasteiger partial charge in [-0.2, -0.15) is 0 Å². The van der Waals surface area contributed by atoms with Gasteiger partial charge >= 0.3 is 0 Å². The third kappa shape index (κ3) is 4.69. The first kappa shape index (κ1) is 23.5. The number of ether oxygens (including phenoxy) is 1. The van der Waals surface area contributed by atoms with Crippen molar-refractivity contribution < 1.29 is 18.3 Å². The van der Waals surface area contributed by atoms with Crippen LogP contribution in [-0.4, -0.2) is 55.8 Å². The van der Waals surface area contributed by atoms with E-state index in [1.165, 1.54) is 0 Å². The Morgan fingerprint density at radius 3 is 2.47 bits per heavy atom. The van der Waals surface area contributed by atoms with Crippen molar-refractivity contribution in [2.45, 2.75) is 90.4 Å². The average molecular weight is 439 g/mol. The van der Waals surface area contributed by atoms with Crippen LogP contribution in [-0.2, 0) is 16.4 Å². The van der Waals surface area contributed by atoms with Crippen LogP contribution >= 0.6 is 0 Å². The number of rotatable bonds is 6. The second-order valence-electron chi connectivity index (χ2n) is 10.0. The molecule has 2 unspecified atom stereocenters. The Kier molecular flexibility index (Phi) is 6.59. The van der Waals surface area contributed by atoms with Crippen molar-refractivity contribution in [2.75, 3.05) is 19.6 Å². The van der Waals surface area contributed by atoms with E-state index in [0.29, 0.717) is 29.0 Å². The molecule has 1 aromatic rings. The molecule has 1 aromatic carbocycles. The van der Waals surface area contributed by atoms with E-state index in [2.05, 4.69) is 37.3 Å². The molecular weight excluding hydrogens is 400 g/mol. The number of sulfonamides is 1. The maximum atomic E-state index is 13.2. The Balaban J connectivity index is 1.79. The van der Waals surface area contributed by atoms with E-state index in [4.69, 9.17) is 4.74 Å². The van der Waals surface area contributed by atoms with Crippen LogP contribution in [0.15, 0.2) is 4.90 Å². The highest BCUT2D eigenvalue weighted by atomic mass is 32.2. The van der Waals surface area contributed by atoms with Gasteiger partial charge in [-0.1, -0.05) is 6.92 Å². The molecule has 1 saturated heterocycles. The Bertz CT molecular complexity index is 911. The van der Waals surface area contributed by atoms with Crippen molar-refractivity contribution in [3.63, 3.8) is 0 Å². The lowest BCUT2D eigenvalue weighted by molar-refractivity contribution is 0.0831. The van der Waals surface area contributed by atoms with Crippen LogP contribution in [0.5, 0.6) is 5.75 Å². The number of aliphatic hydroxyl groups excluding tert-OH is 1. The maximum absolute atomic E-state index is 13.2. The van der Waals surface area contributed by atoms with Crippen LogP contribution < -0.4 is 9.46 Å². The summed E-state index contributed by atoms with van der Waals surface area (Å²) >= 11 is 0. The Hall–Kier alpha value is -1.15. The van der Waals surface area contributed by atoms with Crippen molar-refractivity contribution >= 4 is 10.0 Å². The fourth-order valence-corrected chi connectivity index (χ4v) is 6.64. The molecule has 2 aliphatic rings.